The molecule has 5 nitrogen and oxygen atoms in total. The zero-order chi connectivity index (χ0) is 12.1. The first-order valence-corrected chi connectivity index (χ1v) is 5.03. The van der Waals surface area contributed by atoms with Gasteiger partial charge in [-0.1, -0.05) is 0 Å². The summed E-state index contributed by atoms with van der Waals surface area (Å²) in [7, 11) is 0. The smallest absolute Gasteiger partial charge is 0.410 e. The third-order valence-electron chi connectivity index (χ3n) is 1.51. The molecule has 0 aliphatic carbocycles. The molecule has 0 aromatic heterocycles. The fourth-order valence-corrected chi connectivity index (χ4v) is 1.02. The first kappa shape index (κ1) is 14.2. The molecular weight excluding hydrogens is 198 g/mol. The lowest BCUT2D eigenvalue weighted by atomic mass is 10.2. The van der Waals surface area contributed by atoms with Crippen LogP contribution >= 0.6 is 0 Å². The monoisotopic (exact) mass is 219 g/mol. The summed E-state index contributed by atoms with van der Waals surface area (Å²) in [5.74, 6) is 0. The van der Waals surface area contributed by atoms with Crippen molar-refractivity contribution in [2.75, 3.05) is 19.7 Å². The van der Waals surface area contributed by atoms with Crippen LogP contribution in [0.5, 0.6) is 0 Å². The van der Waals surface area contributed by atoms with E-state index in [-0.39, 0.29) is 19.7 Å². The zero-order valence-electron chi connectivity index (χ0n) is 9.86. The highest BCUT2D eigenvalue weighted by Gasteiger charge is 2.22. The number of ether oxygens (including phenoxy) is 1. The topological polar surface area (TPSA) is 70.0 Å². The van der Waals surface area contributed by atoms with Gasteiger partial charge in [-0.2, -0.15) is 0 Å². The molecule has 0 aromatic rings. The van der Waals surface area contributed by atoms with E-state index in [1.165, 1.54) is 4.90 Å². The van der Waals surface area contributed by atoms with Crippen molar-refractivity contribution in [2.24, 2.45) is 0 Å². The fraction of sp³-hybridized carbons (Fsp3) is 0.900. The Morgan fingerprint density at radius 2 is 2.00 bits per heavy atom. The lowest BCUT2D eigenvalue weighted by Gasteiger charge is -2.27. The van der Waals surface area contributed by atoms with Gasteiger partial charge in [0, 0.05) is 13.1 Å². The normalized spacial score (nSPS) is 13.5. The van der Waals surface area contributed by atoms with E-state index < -0.39 is 17.8 Å². The zero-order valence-corrected chi connectivity index (χ0v) is 9.86. The molecule has 0 aliphatic heterocycles. The first-order chi connectivity index (χ1) is 6.76. The SMILES string of the molecule is CC(O)CN(CCO)C(=O)OC(C)(C)C. The van der Waals surface area contributed by atoms with E-state index in [2.05, 4.69) is 0 Å². The second-order valence-electron chi connectivity index (χ2n) is 4.50. The molecule has 1 unspecified atom stereocenters. The maximum absolute atomic E-state index is 11.6. The number of aliphatic hydroxyl groups is 2. The third-order valence-corrected chi connectivity index (χ3v) is 1.51. The average molecular weight is 219 g/mol. The van der Waals surface area contributed by atoms with Crippen molar-refractivity contribution in [2.45, 2.75) is 39.4 Å². The second-order valence-corrected chi connectivity index (χ2v) is 4.50. The van der Waals surface area contributed by atoms with E-state index in [9.17, 15) is 4.79 Å². The number of rotatable bonds is 4. The molecule has 90 valence electrons. The highest BCUT2D eigenvalue weighted by Crippen LogP contribution is 2.10. The van der Waals surface area contributed by atoms with Crippen molar-refractivity contribution in [1.29, 1.82) is 0 Å². The van der Waals surface area contributed by atoms with Crippen LogP contribution in [0.15, 0.2) is 0 Å². The fourth-order valence-electron chi connectivity index (χ4n) is 1.02. The quantitative estimate of drug-likeness (QED) is 0.726. The Morgan fingerprint density at radius 1 is 1.47 bits per heavy atom. The standard InChI is InChI=1S/C10H21NO4/c1-8(13)7-11(5-6-12)9(14)15-10(2,3)4/h8,12-13H,5-7H2,1-4H3. The predicted molar refractivity (Wildman–Crippen MR) is 56.6 cm³/mol. The Balaban J connectivity index is 4.28. The highest BCUT2D eigenvalue weighted by molar-refractivity contribution is 5.68. The van der Waals surface area contributed by atoms with Crippen LogP contribution in [0.2, 0.25) is 0 Å². The molecule has 2 N–H and O–H groups in total. The van der Waals surface area contributed by atoms with Crippen LogP contribution in [-0.2, 0) is 4.74 Å². The van der Waals surface area contributed by atoms with Crippen molar-refractivity contribution in [1.82, 2.24) is 4.90 Å². The van der Waals surface area contributed by atoms with Crippen LogP contribution in [0.3, 0.4) is 0 Å². The summed E-state index contributed by atoms with van der Waals surface area (Å²) in [5.41, 5.74) is -0.566. The molecule has 5 heteroatoms. The number of nitrogens with zero attached hydrogens (tertiary/aromatic N) is 1. The molecule has 1 amide bonds. The van der Waals surface area contributed by atoms with Gasteiger partial charge in [0.05, 0.1) is 12.7 Å². The first-order valence-electron chi connectivity index (χ1n) is 5.03. The Morgan fingerprint density at radius 3 is 2.33 bits per heavy atom. The van der Waals surface area contributed by atoms with Crippen LogP contribution in [0.1, 0.15) is 27.7 Å². The number of carbonyl (C=O) groups excluding carboxylic acids is 1. The Hall–Kier alpha value is -0.810. The van der Waals surface area contributed by atoms with Gasteiger partial charge in [-0.25, -0.2) is 4.79 Å². The maximum atomic E-state index is 11.6. The van der Waals surface area contributed by atoms with Gasteiger partial charge in [-0.05, 0) is 27.7 Å². The van der Waals surface area contributed by atoms with E-state index in [1.807, 2.05) is 0 Å². The van der Waals surface area contributed by atoms with Gasteiger partial charge in [0.2, 0.25) is 0 Å². The van der Waals surface area contributed by atoms with Gasteiger partial charge >= 0.3 is 6.09 Å². The molecule has 0 radical (unpaired) electrons. The molecule has 15 heavy (non-hydrogen) atoms. The average Bonchev–Trinajstić information content (AvgIpc) is 1.99. The van der Waals surface area contributed by atoms with Crippen LogP contribution < -0.4 is 0 Å². The van der Waals surface area contributed by atoms with E-state index in [4.69, 9.17) is 14.9 Å². The van der Waals surface area contributed by atoms with Crippen LogP contribution in [0.25, 0.3) is 0 Å². The molecule has 0 rings (SSSR count). The Labute approximate surface area is 90.6 Å². The summed E-state index contributed by atoms with van der Waals surface area (Å²) < 4.78 is 5.12. The van der Waals surface area contributed by atoms with Gasteiger partial charge in [-0.3, -0.25) is 0 Å². The van der Waals surface area contributed by atoms with Gasteiger partial charge in [0.15, 0.2) is 0 Å². The number of aliphatic hydroxyl groups excluding tert-OH is 2. The van der Waals surface area contributed by atoms with Crippen molar-refractivity contribution >= 4 is 6.09 Å². The van der Waals surface area contributed by atoms with Gasteiger partial charge < -0.3 is 19.8 Å². The van der Waals surface area contributed by atoms with E-state index in [0.29, 0.717) is 0 Å². The minimum Gasteiger partial charge on any atom is -0.444 e. The van der Waals surface area contributed by atoms with Crippen molar-refractivity contribution in [3.8, 4) is 0 Å². The third kappa shape index (κ3) is 7.16. The van der Waals surface area contributed by atoms with Gasteiger partial charge in [-0.15, -0.1) is 0 Å². The Kier molecular flexibility index (Phi) is 5.60. The number of hydrogen-bond donors (Lipinski definition) is 2. The molecule has 0 saturated carbocycles. The molecule has 0 heterocycles. The molecule has 0 saturated heterocycles. The second kappa shape index (κ2) is 5.92. The molecule has 0 aliphatic rings. The van der Waals surface area contributed by atoms with Crippen molar-refractivity contribution < 1.29 is 19.7 Å². The molecule has 0 aromatic carbocycles. The lowest BCUT2D eigenvalue weighted by molar-refractivity contribution is 0.0127. The van der Waals surface area contributed by atoms with Crippen molar-refractivity contribution in [3.05, 3.63) is 0 Å². The van der Waals surface area contributed by atoms with Crippen LogP contribution in [0.4, 0.5) is 4.79 Å². The summed E-state index contributed by atoms with van der Waals surface area (Å²) >= 11 is 0. The van der Waals surface area contributed by atoms with E-state index in [1.54, 1.807) is 27.7 Å². The summed E-state index contributed by atoms with van der Waals surface area (Å²) in [5, 5.41) is 17.9. The summed E-state index contributed by atoms with van der Waals surface area (Å²) in [6.45, 7) is 7.06. The summed E-state index contributed by atoms with van der Waals surface area (Å²) in [4.78, 5) is 12.9. The van der Waals surface area contributed by atoms with Gasteiger partial charge in [0.1, 0.15) is 5.60 Å². The van der Waals surface area contributed by atoms with Crippen LogP contribution in [-0.4, -0.2) is 52.6 Å². The highest BCUT2D eigenvalue weighted by atomic mass is 16.6. The number of amides is 1. The summed E-state index contributed by atoms with van der Waals surface area (Å²) in [6, 6.07) is 0. The minimum atomic E-state index is -0.635. The molecule has 1 atom stereocenters. The predicted octanol–water partition coefficient (Wildman–Crippen LogP) is 0.597. The molecular formula is C10H21NO4. The molecule has 0 spiro atoms. The lowest BCUT2D eigenvalue weighted by Crippen LogP contribution is -2.41. The van der Waals surface area contributed by atoms with E-state index in [0.717, 1.165) is 0 Å². The Bertz CT molecular complexity index is 198. The molecule has 0 bridgehead atoms. The van der Waals surface area contributed by atoms with Crippen LogP contribution in [0, 0.1) is 0 Å². The van der Waals surface area contributed by atoms with E-state index >= 15 is 0 Å². The number of carbonyl (C=O) groups is 1. The minimum absolute atomic E-state index is 0.147. The largest absolute Gasteiger partial charge is 0.444 e. The van der Waals surface area contributed by atoms with Crippen molar-refractivity contribution in [3.63, 3.8) is 0 Å². The molecule has 0 fully saturated rings. The number of hydrogen-bond acceptors (Lipinski definition) is 4. The summed E-state index contributed by atoms with van der Waals surface area (Å²) in [6.07, 6.45) is -1.15. The van der Waals surface area contributed by atoms with Gasteiger partial charge in [0.25, 0.3) is 0 Å². The maximum Gasteiger partial charge on any atom is 0.410 e.